The van der Waals surface area contributed by atoms with Gasteiger partial charge in [-0.25, -0.2) is 4.98 Å². The van der Waals surface area contributed by atoms with E-state index in [0.29, 0.717) is 41.8 Å². The zero-order valence-corrected chi connectivity index (χ0v) is 27.8. The molecule has 3 heterocycles. The number of nitrogens with two attached hydrogens (primary N) is 1. The van der Waals surface area contributed by atoms with Gasteiger partial charge in [-0.3, -0.25) is 4.79 Å². The van der Waals surface area contributed by atoms with Crippen LogP contribution >= 0.6 is 0 Å². The molecule has 4 unspecified atom stereocenters. The minimum Gasteiger partial charge on any atom is -0.508 e. The first-order valence-electron chi connectivity index (χ1n) is 16.7. The summed E-state index contributed by atoms with van der Waals surface area (Å²) in [6, 6.07) is 15.1. The summed E-state index contributed by atoms with van der Waals surface area (Å²) in [5, 5.41) is 21.7. The van der Waals surface area contributed by atoms with E-state index in [9.17, 15) is 15.0 Å². The first-order chi connectivity index (χ1) is 23.7. The number of aromatic nitrogens is 1. The number of nitrogen functional groups attached to an aromatic ring is 1. The summed E-state index contributed by atoms with van der Waals surface area (Å²) < 4.78 is 24.3. The molecule has 2 aliphatic heterocycles. The third kappa shape index (κ3) is 5.09. The summed E-state index contributed by atoms with van der Waals surface area (Å²) in [5.41, 5.74) is 14.3. The predicted octanol–water partition coefficient (Wildman–Crippen LogP) is 6.28. The third-order valence-electron chi connectivity index (χ3n) is 10.8. The van der Waals surface area contributed by atoms with Crippen molar-refractivity contribution in [2.45, 2.75) is 62.9 Å². The summed E-state index contributed by atoms with van der Waals surface area (Å²) in [4.78, 5) is 16.8. The van der Waals surface area contributed by atoms with Gasteiger partial charge in [0.15, 0.2) is 11.5 Å². The molecule has 3 aromatic carbocycles. The lowest BCUT2D eigenvalue weighted by atomic mass is 9.65. The zero-order valence-electron chi connectivity index (χ0n) is 27.8. The van der Waals surface area contributed by atoms with Gasteiger partial charge < -0.3 is 34.9 Å². The average molecular weight is 659 g/mol. The lowest BCUT2D eigenvalue weighted by molar-refractivity contribution is -0.141. The normalized spacial score (nSPS) is 22.6. The average Bonchev–Trinajstić information content (AvgIpc) is 3.64. The molecule has 8 rings (SSSR count). The van der Waals surface area contributed by atoms with Gasteiger partial charge in [-0.15, -0.1) is 0 Å². The molecule has 1 spiro atoms. The number of esters is 1. The van der Waals surface area contributed by atoms with E-state index in [1.165, 1.54) is 14.0 Å². The van der Waals surface area contributed by atoms with Crippen LogP contribution in [0.25, 0.3) is 11.1 Å². The summed E-state index contributed by atoms with van der Waals surface area (Å²) in [5.74, 6) is 8.53. The van der Waals surface area contributed by atoms with Gasteiger partial charge >= 0.3 is 5.97 Å². The number of carbonyl (C=O) groups is 1. The second-order valence-corrected chi connectivity index (χ2v) is 13.8. The molecule has 9 heteroatoms. The van der Waals surface area contributed by atoms with Crippen molar-refractivity contribution in [2.24, 2.45) is 5.92 Å². The van der Waals surface area contributed by atoms with Crippen LogP contribution in [-0.2, 0) is 34.2 Å². The van der Waals surface area contributed by atoms with Crippen LogP contribution in [0.1, 0.15) is 77.3 Å². The quantitative estimate of drug-likeness (QED) is 0.171. The second-order valence-electron chi connectivity index (χ2n) is 13.8. The van der Waals surface area contributed by atoms with E-state index in [2.05, 4.69) is 29.0 Å². The van der Waals surface area contributed by atoms with E-state index >= 15 is 0 Å². The van der Waals surface area contributed by atoms with Gasteiger partial charge in [0.1, 0.15) is 41.5 Å². The Kier molecular flexibility index (Phi) is 7.36. The Morgan fingerprint density at radius 1 is 1.04 bits per heavy atom. The Balaban J connectivity index is 1.40. The molecule has 1 saturated carbocycles. The predicted molar refractivity (Wildman–Crippen MR) is 183 cm³/mol. The van der Waals surface area contributed by atoms with Crippen LogP contribution < -0.4 is 19.9 Å². The van der Waals surface area contributed by atoms with Gasteiger partial charge in [0.25, 0.3) is 0 Å². The molecule has 4 N–H and O–H groups in total. The number of ether oxygens (including phenoxy) is 4. The van der Waals surface area contributed by atoms with Gasteiger partial charge in [0.05, 0.1) is 20.1 Å². The Labute approximate surface area is 285 Å². The third-order valence-corrected chi connectivity index (χ3v) is 10.8. The maximum atomic E-state index is 12.2. The van der Waals surface area contributed by atoms with Crippen molar-refractivity contribution in [3.63, 3.8) is 0 Å². The molecule has 4 aromatic rings. The highest BCUT2D eigenvalue weighted by molar-refractivity contribution is 5.84. The molecule has 0 saturated heterocycles. The lowest BCUT2D eigenvalue weighted by Gasteiger charge is -2.39. The number of methoxy groups -OCH3 is 2. The molecule has 250 valence electrons. The molecule has 0 radical (unpaired) electrons. The fraction of sp³-hybridized carbons (Fsp3) is 0.350. The number of benzene rings is 3. The molecule has 4 atom stereocenters. The Morgan fingerprint density at radius 2 is 1.88 bits per heavy atom. The smallest absolute Gasteiger partial charge is 0.302 e. The minimum absolute atomic E-state index is 0.00335. The standard InChI is InChI=1S/C40H38N2O7/c1-21(43)48-20-30-27-8-9-28-36-25(14-26(44)16-34(36)47-3)19-40-12-11-22(18-40)13-24-7-10-35(41)42-31(24)6-4-5-23-15-32(45)33(46-2)17-29(23)38(30)49-39(27)37(28)40/h7-10,14-17,22,30,38,44-45H,5,11-13,18-20H2,1-3H3,(H2,41,42). The van der Waals surface area contributed by atoms with Crippen molar-refractivity contribution >= 4 is 11.8 Å². The van der Waals surface area contributed by atoms with Gasteiger partial charge in [-0.1, -0.05) is 24.1 Å². The van der Waals surface area contributed by atoms with Crippen molar-refractivity contribution in [1.82, 2.24) is 4.98 Å². The number of pyridine rings is 1. The Morgan fingerprint density at radius 3 is 2.67 bits per heavy atom. The van der Waals surface area contributed by atoms with Gasteiger partial charge in [0.2, 0.25) is 0 Å². The van der Waals surface area contributed by atoms with Crippen LogP contribution in [0.5, 0.6) is 28.7 Å². The molecule has 1 aromatic heterocycles. The molecule has 49 heavy (non-hydrogen) atoms. The first kappa shape index (κ1) is 30.9. The summed E-state index contributed by atoms with van der Waals surface area (Å²) >= 11 is 0. The van der Waals surface area contributed by atoms with E-state index in [-0.39, 0.29) is 35.4 Å². The Hall–Kier alpha value is -5.36. The largest absolute Gasteiger partial charge is 0.508 e. The Bertz CT molecular complexity index is 2100. The monoisotopic (exact) mass is 658 g/mol. The van der Waals surface area contributed by atoms with E-state index < -0.39 is 6.10 Å². The number of hydrogen-bond acceptors (Lipinski definition) is 9. The second kappa shape index (κ2) is 11.7. The maximum Gasteiger partial charge on any atom is 0.302 e. The van der Waals surface area contributed by atoms with Crippen LogP contribution in [0.2, 0.25) is 0 Å². The fourth-order valence-electron chi connectivity index (χ4n) is 8.82. The van der Waals surface area contributed by atoms with E-state index in [1.807, 2.05) is 18.2 Å². The van der Waals surface area contributed by atoms with Crippen LogP contribution in [0.4, 0.5) is 5.82 Å². The number of fused-ring (bicyclic) bond motifs is 7. The lowest BCUT2D eigenvalue weighted by Crippen LogP contribution is -2.31. The molecule has 9 nitrogen and oxygen atoms in total. The zero-order chi connectivity index (χ0) is 34.0. The van der Waals surface area contributed by atoms with Crippen molar-refractivity contribution in [3.8, 4) is 51.7 Å². The summed E-state index contributed by atoms with van der Waals surface area (Å²) in [6.45, 7) is 1.52. The van der Waals surface area contributed by atoms with Crippen LogP contribution in [0.15, 0.2) is 48.5 Å². The van der Waals surface area contributed by atoms with Crippen LogP contribution in [0.3, 0.4) is 0 Å². The summed E-state index contributed by atoms with van der Waals surface area (Å²) in [6.07, 6.45) is 4.06. The van der Waals surface area contributed by atoms with Crippen molar-refractivity contribution < 1.29 is 34.0 Å². The van der Waals surface area contributed by atoms with Gasteiger partial charge in [0, 0.05) is 47.1 Å². The highest BCUT2D eigenvalue weighted by Crippen LogP contribution is 2.62. The number of phenols is 2. The fourth-order valence-corrected chi connectivity index (χ4v) is 8.82. The molecule has 1 fully saturated rings. The number of phenolic OH excluding ortho intramolecular Hbond substituents is 2. The van der Waals surface area contributed by atoms with Crippen LogP contribution in [0, 0.1) is 17.8 Å². The molecule has 4 aliphatic rings. The topological polar surface area (TPSA) is 133 Å². The molecule has 2 aliphatic carbocycles. The van der Waals surface area contributed by atoms with Crippen molar-refractivity contribution in [1.29, 1.82) is 0 Å². The van der Waals surface area contributed by atoms with Gasteiger partial charge in [-0.05, 0) is 90.5 Å². The number of aromatic hydroxyl groups is 2. The minimum atomic E-state index is -0.560. The highest BCUT2D eigenvalue weighted by Gasteiger charge is 2.50. The number of carbonyl (C=O) groups excluding carboxylic acids is 1. The summed E-state index contributed by atoms with van der Waals surface area (Å²) in [7, 11) is 3.14. The van der Waals surface area contributed by atoms with Gasteiger partial charge in [-0.2, -0.15) is 0 Å². The SMILES string of the molecule is COc1cc2c(cc1O)CC#Cc1nc(N)ccc1CC1CCC3(Cc4cc(O)cc(OC)c4-c4ccc5c(c43)OC2C5COC(C)=O)C1. The van der Waals surface area contributed by atoms with Crippen molar-refractivity contribution in [3.05, 3.63) is 87.6 Å². The number of nitrogens with zero attached hydrogens (tertiary/aromatic N) is 1. The highest BCUT2D eigenvalue weighted by atomic mass is 16.5. The molecular formula is C40H38N2O7. The molecular weight excluding hydrogens is 620 g/mol. The maximum absolute atomic E-state index is 12.2. The first-order valence-corrected chi connectivity index (χ1v) is 16.7. The number of anilines is 1. The van der Waals surface area contributed by atoms with Crippen molar-refractivity contribution in [2.75, 3.05) is 26.6 Å². The van der Waals surface area contributed by atoms with Crippen LogP contribution in [-0.4, -0.2) is 42.0 Å². The molecule has 4 bridgehead atoms. The van der Waals surface area contributed by atoms with E-state index in [1.54, 1.807) is 25.3 Å². The number of rotatable bonds is 4. The number of hydrogen-bond donors (Lipinski definition) is 3. The van der Waals surface area contributed by atoms with E-state index in [0.717, 1.165) is 75.9 Å². The van der Waals surface area contributed by atoms with E-state index in [4.69, 9.17) is 24.7 Å². The molecule has 0 amide bonds.